The van der Waals surface area contributed by atoms with Gasteiger partial charge in [0.25, 0.3) is 5.69 Å². The van der Waals surface area contributed by atoms with Gasteiger partial charge in [0.1, 0.15) is 5.75 Å². The van der Waals surface area contributed by atoms with Crippen LogP contribution in [0.5, 0.6) is 5.75 Å². The number of rotatable bonds is 6. The SMILES string of the molecule is CCOC(=O)/C=C(\C)N1N=C2c3cc(OC)ccc3CC[C@@H]2[C@H]1c1ccc([N+](=O)[O-])cc1. The van der Waals surface area contributed by atoms with Gasteiger partial charge < -0.3 is 9.47 Å². The number of methoxy groups -OCH3 is 1. The van der Waals surface area contributed by atoms with Gasteiger partial charge in [0.05, 0.1) is 30.4 Å². The molecule has 8 nitrogen and oxygen atoms in total. The quantitative estimate of drug-likeness (QED) is 0.289. The van der Waals surface area contributed by atoms with Crippen LogP contribution in [0.2, 0.25) is 0 Å². The van der Waals surface area contributed by atoms with Gasteiger partial charge in [-0.05, 0) is 49.9 Å². The van der Waals surface area contributed by atoms with Crippen molar-refractivity contribution < 1.29 is 19.2 Å². The Hall–Kier alpha value is -3.68. The molecule has 2 atom stereocenters. The summed E-state index contributed by atoms with van der Waals surface area (Å²) in [5.41, 5.74) is 4.78. The van der Waals surface area contributed by atoms with Crippen LogP contribution in [0.15, 0.2) is 59.3 Å². The lowest BCUT2D eigenvalue weighted by Gasteiger charge is -2.31. The maximum absolute atomic E-state index is 12.1. The van der Waals surface area contributed by atoms with E-state index in [0.717, 1.165) is 35.4 Å². The summed E-state index contributed by atoms with van der Waals surface area (Å²) in [7, 11) is 1.64. The van der Waals surface area contributed by atoms with Crippen molar-refractivity contribution in [1.29, 1.82) is 0 Å². The number of esters is 1. The Balaban J connectivity index is 1.78. The van der Waals surface area contributed by atoms with Crippen molar-refractivity contribution in [2.75, 3.05) is 13.7 Å². The van der Waals surface area contributed by atoms with Crippen LogP contribution >= 0.6 is 0 Å². The van der Waals surface area contributed by atoms with Crippen molar-refractivity contribution in [2.24, 2.45) is 11.0 Å². The van der Waals surface area contributed by atoms with Crippen LogP contribution in [0.3, 0.4) is 0 Å². The van der Waals surface area contributed by atoms with Crippen LogP contribution < -0.4 is 4.74 Å². The number of aryl methyl sites for hydroxylation is 1. The number of nitro groups is 1. The van der Waals surface area contributed by atoms with Crippen molar-refractivity contribution in [2.45, 2.75) is 32.7 Å². The third-order valence-electron chi connectivity index (χ3n) is 5.95. The smallest absolute Gasteiger partial charge is 0.332 e. The second-order valence-corrected chi connectivity index (χ2v) is 7.83. The topological polar surface area (TPSA) is 94.3 Å². The molecule has 0 saturated carbocycles. The number of fused-ring (bicyclic) bond motifs is 3. The second kappa shape index (κ2) is 8.82. The van der Waals surface area contributed by atoms with Gasteiger partial charge in [-0.2, -0.15) is 5.10 Å². The molecule has 0 aromatic heterocycles. The van der Waals surface area contributed by atoms with Crippen LogP contribution in [-0.4, -0.2) is 35.3 Å². The van der Waals surface area contributed by atoms with E-state index >= 15 is 0 Å². The fourth-order valence-corrected chi connectivity index (χ4v) is 4.46. The molecule has 0 N–H and O–H groups in total. The van der Waals surface area contributed by atoms with E-state index in [9.17, 15) is 14.9 Å². The number of hydrazone groups is 1. The number of carbonyl (C=O) groups is 1. The van der Waals surface area contributed by atoms with Gasteiger partial charge in [-0.1, -0.05) is 18.2 Å². The molecule has 0 radical (unpaired) electrons. The predicted molar refractivity (Wildman–Crippen MR) is 119 cm³/mol. The number of carbonyl (C=O) groups excluding carboxylic acids is 1. The van der Waals surface area contributed by atoms with E-state index in [1.165, 1.54) is 23.8 Å². The Morgan fingerprint density at radius 2 is 2.03 bits per heavy atom. The van der Waals surface area contributed by atoms with Gasteiger partial charge in [-0.3, -0.25) is 15.1 Å². The summed E-state index contributed by atoms with van der Waals surface area (Å²) < 4.78 is 10.5. The summed E-state index contributed by atoms with van der Waals surface area (Å²) >= 11 is 0. The minimum Gasteiger partial charge on any atom is -0.497 e. The van der Waals surface area contributed by atoms with E-state index < -0.39 is 10.9 Å². The normalized spacial score (nSPS) is 19.7. The zero-order valence-electron chi connectivity index (χ0n) is 18.3. The molecule has 1 aliphatic carbocycles. The third-order valence-corrected chi connectivity index (χ3v) is 5.95. The second-order valence-electron chi connectivity index (χ2n) is 7.83. The third kappa shape index (κ3) is 3.95. The Morgan fingerprint density at radius 1 is 1.28 bits per heavy atom. The van der Waals surface area contributed by atoms with Crippen LogP contribution in [0.25, 0.3) is 0 Å². The molecule has 8 heteroatoms. The standard InChI is InChI=1S/C24H25N3O5/c1-4-32-22(28)13-15(2)26-24(17-5-9-18(10-6-17)27(29)30)20-12-8-16-7-11-19(31-3)14-21(16)23(20)25-26/h5-7,9-11,13-14,20,24H,4,8,12H2,1-3H3/b15-13+/t20-,24+/m0/s1. The van der Waals surface area contributed by atoms with E-state index in [2.05, 4.69) is 6.07 Å². The fourth-order valence-electron chi connectivity index (χ4n) is 4.46. The number of nitrogens with zero attached hydrogens (tertiary/aromatic N) is 3. The first-order valence-corrected chi connectivity index (χ1v) is 10.6. The summed E-state index contributed by atoms with van der Waals surface area (Å²) in [5.74, 6) is 0.405. The summed E-state index contributed by atoms with van der Waals surface area (Å²) in [5, 5.41) is 17.9. The number of nitro benzene ring substituents is 1. The lowest BCUT2D eigenvalue weighted by Crippen LogP contribution is -2.28. The van der Waals surface area contributed by atoms with E-state index in [-0.39, 0.29) is 17.6 Å². The number of ether oxygens (including phenoxy) is 2. The Bertz CT molecular complexity index is 1110. The minimum absolute atomic E-state index is 0.0388. The monoisotopic (exact) mass is 435 g/mol. The van der Waals surface area contributed by atoms with Gasteiger partial charge in [-0.15, -0.1) is 0 Å². The minimum atomic E-state index is -0.426. The van der Waals surface area contributed by atoms with Crippen molar-refractivity contribution in [3.8, 4) is 5.75 Å². The van der Waals surface area contributed by atoms with E-state index in [0.29, 0.717) is 12.3 Å². The van der Waals surface area contributed by atoms with Gasteiger partial charge in [0, 0.05) is 35.4 Å². The molecule has 0 bridgehead atoms. The maximum Gasteiger partial charge on any atom is 0.332 e. The lowest BCUT2D eigenvalue weighted by molar-refractivity contribution is -0.384. The van der Waals surface area contributed by atoms with Gasteiger partial charge >= 0.3 is 5.97 Å². The van der Waals surface area contributed by atoms with Gasteiger partial charge in [-0.25, -0.2) is 4.79 Å². The molecular weight excluding hydrogens is 410 g/mol. The molecule has 32 heavy (non-hydrogen) atoms. The number of hydrogen-bond donors (Lipinski definition) is 0. The zero-order valence-corrected chi connectivity index (χ0v) is 18.3. The molecule has 0 saturated heterocycles. The molecule has 2 aromatic carbocycles. The van der Waals surface area contributed by atoms with E-state index in [4.69, 9.17) is 14.6 Å². The summed E-state index contributed by atoms with van der Waals surface area (Å²) in [6.45, 7) is 3.87. The highest BCUT2D eigenvalue weighted by atomic mass is 16.6. The zero-order chi connectivity index (χ0) is 22.8. The molecule has 4 rings (SSSR count). The van der Waals surface area contributed by atoms with Crippen LogP contribution in [0.4, 0.5) is 5.69 Å². The highest BCUT2D eigenvalue weighted by molar-refractivity contribution is 6.06. The number of hydrogen-bond acceptors (Lipinski definition) is 7. The Labute approximate surface area is 186 Å². The first-order valence-electron chi connectivity index (χ1n) is 10.6. The number of benzene rings is 2. The molecule has 2 aliphatic rings. The molecule has 166 valence electrons. The van der Waals surface area contributed by atoms with Crippen molar-refractivity contribution in [3.05, 3.63) is 81.0 Å². The molecule has 0 unspecified atom stereocenters. The Kier molecular flexibility index (Phi) is 5.94. The van der Waals surface area contributed by atoms with Crippen molar-refractivity contribution >= 4 is 17.4 Å². The molecule has 0 spiro atoms. The summed E-state index contributed by atoms with van der Waals surface area (Å²) in [6.07, 6.45) is 3.21. The average Bonchev–Trinajstić information content (AvgIpc) is 3.19. The average molecular weight is 435 g/mol. The fraction of sp³-hybridized carbons (Fsp3) is 0.333. The largest absolute Gasteiger partial charge is 0.497 e. The van der Waals surface area contributed by atoms with Crippen LogP contribution in [-0.2, 0) is 16.0 Å². The lowest BCUT2D eigenvalue weighted by atomic mass is 9.77. The molecule has 0 amide bonds. The molecule has 0 fully saturated rings. The van der Waals surface area contributed by atoms with E-state index in [1.54, 1.807) is 26.2 Å². The number of non-ortho nitro benzene ring substituents is 1. The maximum atomic E-state index is 12.1. The first-order chi connectivity index (χ1) is 15.4. The predicted octanol–water partition coefficient (Wildman–Crippen LogP) is 4.39. The van der Waals surface area contributed by atoms with Crippen molar-refractivity contribution in [3.63, 3.8) is 0 Å². The molecular formula is C24H25N3O5. The van der Waals surface area contributed by atoms with Crippen LogP contribution in [0, 0.1) is 16.0 Å². The van der Waals surface area contributed by atoms with Gasteiger partial charge in [0.2, 0.25) is 0 Å². The van der Waals surface area contributed by atoms with Crippen molar-refractivity contribution in [1.82, 2.24) is 5.01 Å². The highest BCUT2D eigenvalue weighted by Gasteiger charge is 2.42. The van der Waals surface area contributed by atoms with Crippen LogP contribution in [0.1, 0.15) is 43.0 Å². The molecule has 2 aromatic rings. The highest BCUT2D eigenvalue weighted by Crippen LogP contribution is 2.45. The van der Waals surface area contributed by atoms with Gasteiger partial charge in [0.15, 0.2) is 0 Å². The molecule has 1 heterocycles. The Morgan fingerprint density at radius 3 is 2.69 bits per heavy atom. The summed E-state index contributed by atoms with van der Waals surface area (Å²) in [6, 6.07) is 12.4. The first kappa shape index (κ1) is 21.5. The summed E-state index contributed by atoms with van der Waals surface area (Å²) in [4.78, 5) is 22.8. The molecule has 1 aliphatic heterocycles. The number of allylic oxidation sites excluding steroid dienone is 1. The van der Waals surface area contributed by atoms with E-state index in [1.807, 2.05) is 24.1 Å².